The maximum atomic E-state index is 14.1. The van der Waals surface area contributed by atoms with E-state index in [1.807, 2.05) is 0 Å². The molecule has 0 radical (unpaired) electrons. The van der Waals surface area contributed by atoms with Crippen LogP contribution in [0.3, 0.4) is 0 Å². The Labute approximate surface area is 103 Å². The third-order valence-corrected chi connectivity index (χ3v) is 3.62. The lowest BCUT2D eigenvalue weighted by molar-refractivity contribution is -0.137. The molecule has 1 fully saturated rings. The Morgan fingerprint density at radius 2 is 2.22 bits per heavy atom. The van der Waals surface area contributed by atoms with E-state index >= 15 is 0 Å². The predicted molar refractivity (Wildman–Crippen MR) is 59.8 cm³/mol. The van der Waals surface area contributed by atoms with Crippen molar-refractivity contribution in [3.8, 4) is 5.75 Å². The second kappa shape index (κ2) is 3.95. The van der Waals surface area contributed by atoms with Crippen molar-refractivity contribution < 1.29 is 23.8 Å². The summed E-state index contributed by atoms with van der Waals surface area (Å²) in [5.41, 5.74) is 0.603. The number of benzene rings is 1. The lowest BCUT2D eigenvalue weighted by Crippen LogP contribution is -2.17. The van der Waals surface area contributed by atoms with Crippen LogP contribution in [-0.2, 0) is 21.6 Å². The van der Waals surface area contributed by atoms with Gasteiger partial charge in [-0.15, -0.1) is 0 Å². The summed E-state index contributed by atoms with van der Waals surface area (Å²) in [4.78, 5) is 10.9. The molecule has 0 bridgehead atoms. The first-order valence-electron chi connectivity index (χ1n) is 5.86. The van der Waals surface area contributed by atoms with Gasteiger partial charge in [-0.25, -0.2) is 4.39 Å². The van der Waals surface area contributed by atoms with Gasteiger partial charge in [0.2, 0.25) is 0 Å². The molecular formula is C13H13FO4. The van der Waals surface area contributed by atoms with E-state index in [4.69, 9.17) is 14.6 Å². The molecule has 0 spiro atoms. The van der Waals surface area contributed by atoms with Crippen molar-refractivity contribution in [2.75, 3.05) is 6.79 Å². The minimum atomic E-state index is -0.895. The molecule has 4 nitrogen and oxygen atoms in total. The highest BCUT2D eigenvalue weighted by Gasteiger charge is 2.48. The highest BCUT2D eigenvalue weighted by Crippen LogP contribution is 2.53. The van der Waals surface area contributed by atoms with Gasteiger partial charge in [-0.3, -0.25) is 4.79 Å². The second-order valence-corrected chi connectivity index (χ2v) is 4.90. The molecule has 0 saturated heterocycles. The van der Waals surface area contributed by atoms with Gasteiger partial charge in [-0.2, -0.15) is 0 Å². The molecule has 3 rings (SSSR count). The zero-order valence-electron chi connectivity index (χ0n) is 9.74. The minimum Gasteiger partial charge on any atom is -0.481 e. The maximum Gasteiger partial charge on any atom is 0.304 e. The summed E-state index contributed by atoms with van der Waals surface area (Å²) in [5.74, 6) is -0.648. The van der Waals surface area contributed by atoms with Crippen molar-refractivity contribution in [1.82, 2.24) is 0 Å². The van der Waals surface area contributed by atoms with Crippen molar-refractivity contribution in [2.45, 2.75) is 31.3 Å². The molecule has 0 unspecified atom stereocenters. The molecule has 0 amide bonds. The molecule has 1 N–H and O–H groups in total. The Bertz CT molecular complexity index is 508. The number of ether oxygens (including phenoxy) is 2. The molecular weight excluding hydrogens is 239 g/mol. The molecule has 2 aliphatic rings. The van der Waals surface area contributed by atoms with E-state index in [1.54, 1.807) is 6.07 Å². The van der Waals surface area contributed by atoms with Crippen LogP contribution in [-0.4, -0.2) is 17.9 Å². The van der Waals surface area contributed by atoms with Gasteiger partial charge in [0.15, 0.2) is 6.79 Å². The first-order valence-corrected chi connectivity index (χ1v) is 5.86. The fraction of sp³-hybridized carbons (Fsp3) is 0.462. The first-order chi connectivity index (χ1) is 8.61. The van der Waals surface area contributed by atoms with Crippen LogP contribution in [0.2, 0.25) is 0 Å². The minimum absolute atomic E-state index is 0.0286. The normalized spacial score (nSPS) is 19.8. The predicted octanol–water partition coefficient (Wildman–Crippen LogP) is 2.20. The first kappa shape index (κ1) is 11.5. The van der Waals surface area contributed by atoms with Crippen LogP contribution in [0.4, 0.5) is 4.39 Å². The molecule has 0 atom stereocenters. The van der Waals surface area contributed by atoms with E-state index in [2.05, 4.69) is 0 Å². The quantitative estimate of drug-likeness (QED) is 0.896. The van der Waals surface area contributed by atoms with Crippen molar-refractivity contribution in [3.05, 3.63) is 29.1 Å². The Morgan fingerprint density at radius 1 is 1.44 bits per heavy atom. The maximum absolute atomic E-state index is 14.1. The van der Waals surface area contributed by atoms with E-state index in [0.717, 1.165) is 0 Å². The number of aliphatic carboxylic acids is 1. The average Bonchev–Trinajstić information content (AvgIpc) is 3.08. The van der Waals surface area contributed by atoms with Gasteiger partial charge in [-0.1, -0.05) is 0 Å². The summed E-state index contributed by atoms with van der Waals surface area (Å²) in [6.07, 6.45) is 1.40. The molecule has 1 aliphatic heterocycles. The summed E-state index contributed by atoms with van der Waals surface area (Å²) in [7, 11) is 0. The van der Waals surface area contributed by atoms with Gasteiger partial charge >= 0.3 is 5.97 Å². The zero-order chi connectivity index (χ0) is 12.8. The number of carbonyl (C=O) groups is 1. The van der Waals surface area contributed by atoms with Gasteiger partial charge in [-0.05, 0) is 30.5 Å². The summed E-state index contributed by atoms with van der Waals surface area (Å²) in [5, 5.41) is 8.91. The molecule has 1 aromatic rings. The highest BCUT2D eigenvalue weighted by molar-refractivity contribution is 5.70. The van der Waals surface area contributed by atoms with Gasteiger partial charge in [0.25, 0.3) is 0 Å². The summed E-state index contributed by atoms with van der Waals surface area (Å²) in [6.45, 7) is 0.489. The van der Waals surface area contributed by atoms with Gasteiger partial charge < -0.3 is 14.6 Å². The van der Waals surface area contributed by atoms with Crippen molar-refractivity contribution >= 4 is 5.97 Å². The van der Waals surface area contributed by atoms with Crippen LogP contribution in [0.1, 0.15) is 30.4 Å². The third kappa shape index (κ3) is 1.84. The third-order valence-electron chi connectivity index (χ3n) is 3.62. The molecule has 18 heavy (non-hydrogen) atoms. The topological polar surface area (TPSA) is 55.8 Å². The van der Waals surface area contributed by atoms with Crippen molar-refractivity contribution in [3.63, 3.8) is 0 Å². The van der Waals surface area contributed by atoms with E-state index in [-0.39, 0.29) is 19.0 Å². The lowest BCUT2D eigenvalue weighted by atomic mass is 9.90. The standard InChI is InChI=1S/C13H13FO4/c14-10-3-8-6-17-7-18-11(8)4-9(10)13(1-2-13)5-12(15)16/h3-4H,1-2,5-7H2,(H,15,16). The smallest absolute Gasteiger partial charge is 0.304 e. The van der Waals surface area contributed by atoms with E-state index in [9.17, 15) is 9.18 Å². The van der Waals surface area contributed by atoms with Crippen molar-refractivity contribution in [1.29, 1.82) is 0 Å². The van der Waals surface area contributed by atoms with E-state index < -0.39 is 11.4 Å². The van der Waals surface area contributed by atoms with E-state index in [1.165, 1.54) is 6.07 Å². The SMILES string of the molecule is O=C(O)CC1(c2cc3c(cc2F)COCO3)CC1. The molecule has 1 heterocycles. The van der Waals surface area contributed by atoms with Crippen LogP contribution in [0.15, 0.2) is 12.1 Å². The molecule has 5 heteroatoms. The number of halogens is 1. The number of hydrogen-bond donors (Lipinski definition) is 1. The Hall–Kier alpha value is -1.62. The molecule has 1 aromatic carbocycles. The van der Waals surface area contributed by atoms with Crippen LogP contribution < -0.4 is 4.74 Å². The summed E-state index contributed by atoms with van der Waals surface area (Å²) >= 11 is 0. The number of carboxylic acid groups (broad SMARTS) is 1. The van der Waals surface area contributed by atoms with Gasteiger partial charge in [0, 0.05) is 11.0 Å². The number of carboxylic acids is 1. The average molecular weight is 252 g/mol. The Kier molecular flexibility index (Phi) is 2.52. The van der Waals surface area contributed by atoms with Crippen molar-refractivity contribution in [2.24, 2.45) is 0 Å². The van der Waals surface area contributed by atoms with Gasteiger partial charge in [0.1, 0.15) is 11.6 Å². The van der Waals surface area contributed by atoms with Crippen LogP contribution in [0.25, 0.3) is 0 Å². The number of hydrogen-bond acceptors (Lipinski definition) is 3. The fourth-order valence-corrected chi connectivity index (χ4v) is 2.49. The molecule has 96 valence electrons. The molecule has 1 aliphatic carbocycles. The Balaban J connectivity index is 1.99. The fourth-order valence-electron chi connectivity index (χ4n) is 2.49. The monoisotopic (exact) mass is 252 g/mol. The van der Waals surface area contributed by atoms with E-state index in [0.29, 0.717) is 36.3 Å². The van der Waals surface area contributed by atoms with Crippen LogP contribution in [0.5, 0.6) is 5.75 Å². The van der Waals surface area contributed by atoms with Gasteiger partial charge in [0.05, 0.1) is 13.0 Å². The largest absolute Gasteiger partial charge is 0.481 e. The summed E-state index contributed by atoms with van der Waals surface area (Å²) in [6, 6.07) is 3.04. The number of fused-ring (bicyclic) bond motifs is 1. The number of rotatable bonds is 3. The molecule has 1 saturated carbocycles. The lowest BCUT2D eigenvalue weighted by Gasteiger charge is -2.21. The zero-order valence-corrected chi connectivity index (χ0v) is 9.74. The highest BCUT2D eigenvalue weighted by atomic mass is 19.1. The van der Waals surface area contributed by atoms with Crippen LogP contribution in [0, 0.1) is 5.82 Å². The summed E-state index contributed by atoms with van der Waals surface area (Å²) < 4.78 is 24.4. The molecule has 0 aromatic heterocycles. The van der Waals surface area contributed by atoms with Crippen LogP contribution >= 0.6 is 0 Å². The second-order valence-electron chi connectivity index (χ2n) is 4.90. The Morgan fingerprint density at radius 3 is 2.89 bits per heavy atom.